The van der Waals surface area contributed by atoms with E-state index in [1.807, 2.05) is 4.90 Å². The first kappa shape index (κ1) is 22.6. The van der Waals surface area contributed by atoms with Crippen LogP contribution in [-0.4, -0.2) is 48.9 Å². The molecule has 164 valence electrons. The monoisotopic (exact) mass is 441 g/mol. The second kappa shape index (κ2) is 8.58. The molecule has 3 rings (SSSR count). The van der Waals surface area contributed by atoms with Crippen LogP contribution in [-0.2, 0) is 19.9 Å². The van der Waals surface area contributed by atoms with E-state index in [0.717, 1.165) is 18.4 Å². The van der Waals surface area contributed by atoms with Crippen LogP contribution in [0.5, 0.6) is 5.75 Å². The summed E-state index contributed by atoms with van der Waals surface area (Å²) >= 11 is 0. The molecule has 9 heteroatoms. The molecule has 1 saturated heterocycles. The maximum atomic E-state index is 13.9. The van der Waals surface area contributed by atoms with Crippen molar-refractivity contribution in [3.8, 4) is 5.75 Å². The summed E-state index contributed by atoms with van der Waals surface area (Å²) in [5, 5.41) is 20.4. The molecule has 0 bridgehead atoms. The highest BCUT2D eigenvalue weighted by atomic mass is 32.2. The number of likely N-dealkylation sites (tertiary alicyclic amines) is 1. The SMILES string of the molecule is CC(C(OS(C)(=O)=O)c1ccc(O)c(F)c1)N1CCC(O)(c2ccc(F)cc2)CC1. The second-order valence-corrected chi connectivity index (χ2v) is 9.35. The van der Waals surface area contributed by atoms with E-state index >= 15 is 0 Å². The van der Waals surface area contributed by atoms with Crippen LogP contribution in [0, 0.1) is 11.6 Å². The average Bonchev–Trinajstić information content (AvgIpc) is 2.68. The molecule has 0 spiro atoms. The van der Waals surface area contributed by atoms with Crippen LogP contribution in [0.4, 0.5) is 8.78 Å². The summed E-state index contributed by atoms with van der Waals surface area (Å²) < 4.78 is 55.9. The number of rotatable bonds is 6. The number of hydrogen-bond donors (Lipinski definition) is 2. The number of phenols is 1. The van der Waals surface area contributed by atoms with E-state index < -0.39 is 39.4 Å². The highest BCUT2D eigenvalue weighted by molar-refractivity contribution is 7.86. The molecule has 2 aromatic carbocycles. The maximum absolute atomic E-state index is 13.9. The lowest BCUT2D eigenvalue weighted by Crippen LogP contribution is -2.48. The van der Waals surface area contributed by atoms with Gasteiger partial charge in [-0.2, -0.15) is 8.42 Å². The molecule has 30 heavy (non-hydrogen) atoms. The van der Waals surface area contributed by atoms with Crippen LogP contribution in [0.1, 0.15) is 37.0 Å². The number of aromatic hydroxyl groups is 1. The van der Waals surface area contributed by atoms with Crippen LogP contribution in [0.2, 0.25) is 0 Å². The van der Waals surface area contributed by atoms with Gasteiger partial charge in [0, 0.05) is 19.1 Å². The highest BCUT2D eigenvalue weighted by Crippen LogP contribution is 2.36. The normalized spacial score (nSPS) is 19.4. The zero-order valence-electron chi connectivity index (χ0n) is 16.8. The van der Waals surface area contributed by atoms with Crippen molar-refractivity contribution >= 4 is 10.1 Å². The van der Waals surface area contributed by atoms with Crippen molar-refractivity contribution in [2.45, 2.75) is 37.5 Å². The van der Waals surface area contributed by atoms with Gasteiger partial charge in [0.15, 0.2) is 11.6 Å². The van der Waals surface area contributed by atoms with Crippen LogP contribution in [0.3, 0.4) is 0 Å². The van der Waals surface area contributed by atoms with Crippen molar-refractivity contribution < 1.29 is 31.6 Å². The number of hydrogen-bond acceptors (Lipinski definition) is 6. The van der Waals surface area contributed by atoms with Crippen LogP contribution in [0.15, 0.2) is 42.5 Å². The summed E-state index contributed by atoms with van der Waals surface area (Å²) in [7, 11) is -3.84. The topological polar surface area (TPSA) is 87.1 Å². The molecular weight excluding hydrogens is 416 g/mol. The lowest BCUT2D eigenvalue weighted by atomic mass is 9.83. The lowest BCUT2D eigenvalue weighted by molar-refractivity contribution is -0.0466. The molecule has 1 aliphatic heterocycles. The van der Waals surface area contributed by atoms with Gasteiger partial charge >= 0.3 is 0 Å². The summed E-state index contributed by atoms with van der Waals surface area (Å²) in [6.45, 7) is 2.63. The smallest absolute Gasteiger partial charge is 0.265 e. The van der Waals surface area contributed by atoms with E-state index in [0.29, 0.717) is 31.5 Å². The van der Waals surface area contributed by atoms with Gasteiger partial charge in [-0.15, -0.1) is 0 Å². The van der Waals surface area contributed by atoms with Gasteiger partial charge in [0.05, 0.1) is 11.9 Å². The fraction of sp³-hybridized carbons (Fsp3) is 0.429. The molecule has 2 unspecified atom stereocenters. The largest absolute Gasteiger partial charge is 0.505 e. The third kappa shape index (κ3) is 5.15. The quantitative estimate of drug-likeness (QED) is 0.670. The minimum Gasteiger partial charge on any atom is -0.505 e. The summed E-state index contributed by atoms with van der Waals surface area (Å²) in [4.78, 5) is 1.96. The molecule has 0 radical (unpaired) electrons. The Bertz CT molecular complexity index is 989. The van der Waals surface area contributed by atoms with Crippen LogP contribution in [0.25, 0.3) is 0 Å². The van der Waals surface area contributed by atoms with Gasteiger partial charge in [-0.25, -0.2) is 8.78 Å². The molecule has 6 nitrogen and oxygen atoms in total. The molecule has 2 atom stereocenters. The third-order valence-corrected chi connectivity index (χ3v) is 6.16. The Balaban J connectivity index is 1.79. The molecule has 1 fully saturated rings. The van der Waals surface area contributed by atoms with E-state index in [1.165, 1.54) is 18.2 Å². The minimum absolute atomic E-state index is 0.280. The molecule has 1 aliphatic rings. The van der Waals surface area contributed by atoms with Crippen molar-refractivity contribution in [3.05, 3.63) is 65.2 Å². The number of benzene rings is 2. The van der Waals surface area contributed by atoms with E-state index in [2.05, 4.69) is 0 Å². The number of halogens is 2. The van der Waals surface area contributed by atoms with Crippen molar-refractivity contribution in [2.75, 3.05) is 19.3 Å². The predicted octanol–water partition coefficient (Wildman–Crippen LogP) is 3.06. The minimum atomic E-state index is -3.84. The Kier molecular flexibility index (Phi) is 6.47. The Morgan fingerprint density at radius 3 is 2.23 bits per heavy atom. The summed E-state index contributed by atoms with van der Waals surface area (Å²) in [5.41, 5.74) is -0.204. The molecule has 2 aromatic rings. The first-order valence-electron chi connectivity index (χ1n) is 9.58. The number of phenolic OH excluding ortho intramolecular Hbond substituents is 1. The van der Waals surface area contributed by atoms with E-state index in [1.54, 1.807) is 19.1 Å². The van der Waals surface area contributed by atoms with Crippen molar-refractivity contribution in [3.63, 3.8) is 0 Å². The third-order valence-electron chi connectivity index (χ3n) is 5.60. The van der Waals surface area contributed by atoms with Crippen LogP contribution >= 0.6 is 0 Å². The second-order valence-electron chi connectivity index (χ2n) is 7.75. The molecule has 1 heterocycles. The van der Waals surface area contributed by atoms with E-state index in [-0.39, 0.29) is 11.4 Å². The molecule has 0 aliphatic carbocycles. The number of nitrogens with zero attached hydrogens (tertiary/aromatic N) is 1. The number of aliphatic hydroxyl groups is 1. The first-order valence-corrected chi connectivity index (χ1v) is 11.4. The fourth-order valence-electron chi connectivity index (χ4n) is 3.84. The highest BCUT2D eigenvalue weighted by Gasteiger charge is 2.38. The summed E-state index contributed by atoms with van der Waals surface area (Å²) in [5.74, 6) is -1.78. The maximum Gasteiger partial charge on any atom is 0.265 e. The number of piperidine rings is 1. The standard InChI is InChI=1S/C21H25F2NO5S/c1-14(20(29-30(2,27)28)15-3-8-19(25)18(23)13-15)24-11-9-21(26,10-12-24)16-4-6-17(22)7-5-16/h3-8,13-14,20,25-26H,9-12H2,1-2H3. The zero-order valence-corrected chi connectivity index (χ0v) is 17.6. The lowest BCUT2D eigenvalue weighted by Gasteiger charge is -2.42. The molecule has 2 N–H and O–H groups in total. The van der Waals surface area contributed by atoms with Crippen molar-refractivity contribution in [2.24, 2.45) is 0 Å². The van der Waals surface area contributed by atoms with Gasteiger partial charge in [-0.05, 0) is 55.2 Å². The Morgan fingerprint density at radius 2 is 1.70 bits per heavy atom. The van der Waals surface area contributed by atoms with E-state index in [4.69, 9.17) is 4.18 Å². The van der Waals surface area contributed by atoms with Gasteiger partial charge < -0.3 is 10.2 Å². The zero-order chi connectivity index (χ0) is 22.1. The first-order chi connectivity index (χ1) is 14.0. The van der Waals surface area contributed by atoms with Crippen LogP contribution < -0.4 is 0 Å². The van der Waals surface area contributed by atoms with Gasteiger partial charge in [-0.3, -0.25) is 9.08 Å². The Labute approximate surface area is 174 Å². The molecule has 0 aromatic heterocycles. The van der Waals surface area contributed by atoms with Crippen molar-refractivity contribution in [1.29, 1.82) is 0 Å². The van der Waals surface area contributed by atoms with Crippen molar-refractivity contribution in [1.82, 2.24) is 4.90 Å². The summed E-state index contributed by atoms with van der Waals surface area (Å²) in [6.07, 6.45) is 0.649. The molecule has 0 amide bonds. The average molecular weight is 441 g/mol. The summed E-state index contributed by atoms with van der Waals surface area (Å²) in [6, 6.07) is 8.90. The Morgan fingerprint density at radius 1 is 1.10 bits per heavy atom. The van der Waals surface area contributed by atoms with Gasteiger partial charge in [-0.1, -0.05) is 18.2 Å². The predicted molar refractivity (Wildman–Crippen MR) is 107 cm³/mol. The van der Waals surface area contributed by atoms with Gasteiger partial charge in [0.1, 0.15) is 11.9 Å². The molecular formula is C21H25F2NO5S. The molecule has 0 saturated carbocycles. The van der Waals surface area contributed by atoms with Gasteiger partial charge in [0.2, 0.25) is 0 Å². The Hall–Kier alpha value is -2.07. The fourth-order valence-corrected chi connectivity index (χ4v) is 4.49. The van der Waals surface area contributed by atoms with E-state index in [9.17, 15) is 27.4 Å². The van der Waals surface area contributed by atoms with Gasteiger partial charge in [0.25, 0.3) is 10.1 Å².